The normalized spacial score (nSPS) is 11.1. The summed E-state index contributed by atoms with van der Waals surface area (Å²) in [6.45, 7) is 5.19. The lowest BCUT2D eigenvalue weighted by molar-refractivity contribution is 0.719. The quantitative estimate of drug-likeness (QED) is 0.689. The molecule has 19 heavy (non-hydrogen) atoms. The highest BCUT2D eigenvalue weighted by molar-refractivity contribution is 5.83. The summed E-state index contributed by atoms with van der Waals surface area (Å²) < 4.78 is 2.34. The van der Waals surface area contributed by atoms with Gasteiger partial charge in [0.1, 0.15) is 0 Å². The summed E-state index contributed by atoms with van der Waals surface area (Å²) in [6, 6.07) is 12.8. The van der Waals surface area contributed by atoms with Gasteiger partial charge in [-0.2, -0.15) is 0 Å². The van der Waals surface area contributed by atoms with E-state index in [1.54, 1.807) is 0 Å². The largest absolute Gasteiger partial charge is 0.347 e. The molecule has 1 aromatic carbocycles. The minimum Gasteiger partial charge on any atom is -0.347 e. The monoisotopic (exact) mass is 250 g/mol. The molecule has 2 heterocycles. The Morgan fingerprint density at radius 1 is 1.05 bits per heavy atom. The van der Waals surface area contributed by atoms with Crippen LogP contribution in [0.1, 0.15) is 16.8 Å². The Hall–Kier alpha value is -2.09. The van der Waals surface area contributed by atoms with E-state index in [0.29, 0.717) is 0 Å². The first-order chi connectivity index (χ1) is 9.24. The molecular formula is C17H18N2. The number of rotatable bonds is 3. The first-order valence-corrected chi connectivity index (χ1v) is 6.70. The molecule has 0 atom stereocenters. The van der Waals surface area contributed by atoms with Gasteiger partial charge in [-0.25, -0.2) is 0 Å². The third-order valence-corrected chi connectivity index (χ3v) is 3.60. The fraction of sp³-hybridized carbons (Fsp3) is 0.235. The summed E-state index contributed by atoms with van der Waals surface area (Å²) in [5, 5.41) is 1.35. The van der Waals surface area contributed by atoms with Crippen molar-refractivity contribution < 1.29 is 0 Å². The summed E-state index contributed by atoms with van der Waals surface area (Å²) >= 11 is 0. The number of aromatic nitrogens is 2. The van der Waals surface area contributed by atoms with Crippen molar-refractivity contribution in [1.29, 1.82) is 0 Å². The fourth-order valence-electron chi connectivity index (χ4n) is 2.51. The number of benzene rings is 1. The number of para-hydroxylation sites is 1. The Balaban J connectivity index is 1.84. The van der Waals surface area contributed by atoms with Gasteiger partial charge in [0.25, 0.3) is 0 Å². The zero-order chi connectivity index (χ0) is 13.2. The SMILES string of the molecule is Cc1ccc(CCn2cc(C)c3ccccc32)cn1. The van der Waals surface area contributed by atoms with E-state index >= 15 is 0 Å². The maximum Gasteiger partial charge on any atom is 0.0483 e. The molecular weight excluding hydrogens is 232 g/mol. The van der Waals surface area contributed by atoms with Gasteiger partial charge < -0.3 is 4.57 Å². The summed E-state index contributed by atoms with van der Waals surface area (Å²) in [7, 11) is 0. The first-order valence-electron chi connectivity index (χ1n) is 6.70. The van der Waals surface area contributed by atoms with Crippen LogP contribution >= 0.6 is 0 Å². The molecule has 2 heteroatoms. The van der Waals surface area contributed by atoms with Crippen molar-refractivity contribution in [3.63, 3.8) is 0 Å². The predicted octanol–water partition coefficient (Wildman–Crippen LogP) is 3.90. The number of hydrogen-bond acceptors (Lipinski definition) is 1. The second kappa shape index (κ2) is 4.88. The van der Waals surface area contributed by atoms with Crippen LogP contribution in [-0.4, -0.2) is 9.55 Å². The second-order valence-corrected chi connectivity index (χ2v) is 5.08. The lowest BCUT2D eigenvalue weighted by Crippen LogP contribution is -2.00. The van der Waals surface area contributed by atoms with Crippen molar-refractivity contribution in [1.82, 2.24) is 9.55 Å². The van der Waals surface area contributed by atoms with Gasteiger partial charge in [-0.3, -0.25) is 4.98 Å². The Bertz CT molecular complexity index is 693. The summed E-state index contributed by atoms with van der Waals surface area (Å²) in [4.78, 5) is 4.35. The van der Waals surface area contributed by atoms with E-state index in [9.17, 15) is 0 Å². The number of nitrogens with zero attached hydrogens (tertiary/aromatic N) is 2. The van der Waals surface area contributed by atoms with Crippen LogP contribution in [0.25, 0.3) is 10.9 Å². The lowest BCUT2D eigenvalue weighted by Gasteiger charge is -2.05. The zero-order valence-electron chi connectivity index (χ0n) is 11.4. The molecule has 2 nitrogen and oxygen atoms in total. The van der Waals surface area contributed by atoms with Crippen LogP contribution in [0.15, 0.2) is 48.8 Å². The molecule has 0 saturated carbocycles. The Morgan fingerprint density at radius 2 is 1.89 bits per heavy atom. The van der Waals surface area contributed by atoms with E-state index in [1.165, 1.54) is 22.0 Å². The third-order valence-electron chi connectivity index (χ3n) is 3.60. The summed E-state index contributed by atoms with van der Waals surface area (Å²) in [5.74, 6) is 0. The van der Waals surface area contributed by atoms with Gasteiger partial charge >= 0.3 is 0 Å². The van der Waals surface area contributed by atoms with Crippen molar-refractivity contribution in [2.45, 2.75) is 26.8 Å². The minimum atomic E-state index is 0.999. The van der Waals surface area contributed by atoms with Crippen LogP contribution < -0.4 is 0 Å². The highest BCUT2D eigenvalue weighted by Crippen LogP contribution is 2.20. The van der Waals surface area contributed by atoms with Gasteiger partial charge in [-0.15, -0.1) is 0 Å². The van der Waals surface area contributed by atoms with Crippen LogP contribution in [0, 0.1) is 13.8 Å². The number of aryl methyl sites for hydroxylation is 4. The highest BCUT2D eigenvalue weighted by Gasteiger charge is 2.04. The molecule has 3 aromatic rings. The van der Waals surface area contributed by atoms with Crippen molar-refractivity contribution in [3.05, 3.63) is 65.6 Å². The van der Waals surface area contributed by atoms with E-state index in [4.69, 9.17) is 0 Å². The molecule has 0 aliphatic carbocycles. The van der Waals surface area contributed by atoms with E-state index in [0.717, 1.165) is 18.7 Å². The number of fused-ring (bicyclic) bond motifs is 1. The minimum absolute atomic E-state index is 0.999. The van der Waals surface area contributed by atoms with Gasteiger partial charge in [0.2, 0.25) is 0 Å². The standard InChI is InChI=1S/C17H18N2/c1-13-12-19(17-6-4-3-5-16(13)17)10-9-15-8-7-14(2)18-11-15/h3-8,11-12H,9-10H2,1-2H3. The molecule has 0 N–H and O–H groups in total. The van der Waals surface area contributed by atoms with Crippen molar-refractivity contribution in [2.24, 2.45) is 0 Å². The Kier molecular flexibility index (Phi) is 3.08. The van der Waals surface area contributed by atoms with Crippen LogP contribution in [-0.2, 0) is 13.0 Å². The van der Waals surface area contributed by atoms with Gasteiger partial charge in [0.05, 0.1) is 0 Å². The highest BCUT2D eigenvalue weighted by atomic mass is 15.0. The molecule has 0 unspecified atom stereocenters. The zero-order valence-corrected chi connectivity index (χ0v) is 11.4. The molecule has 0 aliphatic heterocycles. The van der Waals surface area contributed by atoms with E-state index in [-0.39, 0.29) is 0 Å². The smallest absolute Gasteiger partial charge is 0.0483 e. The van der Waals surface area contributed by atoms with Gasteiger partial charge in [0, 0.05) is 35.5 Å². The topological polar surface area (TPSA) is 17.8 Å². The maximum absolute atomic E-state index is 4.35. The molecule has 0 amide bonds. The van der Waals surface area contributed by atoms with E-state index in [2.05, 4.69) is 59.1 Å². The third kappa shape index (κ3) is 2.39. The van der Waals surface area contributed by atoms with E-state index in [1.807, 2.05) is 13.1 Å². The van der Waals surface area contributed by atoms with Crippen LogP contribution in [0.4, 0.5) is 0 Å². The summed E-state index contributed by atoms with van der Waals surface area (Å²) in [6.07, 6.45) is 5.24. The average Bonchev–Trinajstić information content (AvgIpc) is 2.76. The number of hydrogen-bond donors (Lipinski definition) is 0. The fourth-order valence-corrected chi connectivity index (χ4v) is 2.51. The first kappa shape index (κ1) is 12.0. The molecule has 0 radical (unpaired) electrons. The predicted molar refractivity (Wildman–Crippen MR) is 79.4 cm³/mol. The molecule has 0 fully saturated rings. The van der Waals surface area contributed by atoms with Crippen molar-refractivity contribution >= 4 is 10.9 Å². The molecule has 0 bridgehead atoms. The van der Waals surface area contributed by atoms with Crippen LogP contribution in [0.2, 0.25) is 0 Å². The Morgan fingerprint density at radius 3 is 2.68 bits per heavy atom. The number of pyridine rings is 1. The lowest BCUT2D eigenvalue weighted by atomic mass is 10.2. The second-order valence-electron chi connectivity index (χ2n) is 5.08. The van der Waals surface area contributed by atoms with Crippen LogP contribution in [0.5, 0.6) is 0 Å². The van der Waals surface area contributed by atoms with Crippen molar-refractivity contribution in [2.75, 3.05) is 0 Å². The molecule has 3 rings (SSSR count). The Labute approximate surface area is 113 Å². The average molecular weight is 250 g/mol. The molecule has 0 saturated heterocycles. The van der Waals surface area contributed by atoms with Gasteiger partial charge in [-0.1, -0.05) is 24.3 Å². The van der Waals surface area contributed by atoms with Crippen molar-refractivity contribution in [3.8, 4) is 0 Å². The maximum atomic E-state index is 4.35. The van der Waals surface area contributed by atoms with Gasteiger partial charge in [-0.05, 0) is 43.5 Å². The van der Waals surface area contributed by atoms with E-state index < -0.39 is 0 Å². The molecule has 0 spiro atoms. The summed E-state index contributed by atoms with van der Waals surface area (Å²) in [5.41, 5.74) is 5.03. The van der Waals surface area contributed by atoms with Gasteiger partial charge in [0.15, 0.2) is 0 Å². The molecule has 2 aromatic heterocycles. The molecule has 96 valence electrons. The molecule has 0 aliphatic rings. The van der Waals surface area contributed by atoms with Crippen LogP contribution in [0.3, 0.4) is 0 Å².